The molecule has 7 heteroatoms. The van der Waals surface area contributed by atoms with Crippen LogP contribution in [0.15, 0.2) is 47.1 Å². The number of carbonyl (C=O) groups excluding carboxylic acids is 2. The van der Waals surface area contributed by atoms with Crippen molar-refractivity contribution >= 4 is 11.9 Å². The van der Waals surface area contributed by atoms with Gasteiger partial charge in [0.05, 0.1) is 26.5 Å². The van der Waals surface area contributed by atoms with E-state index >= 15 is 0 Å². The second-order valence-corrected chi connectivity index (χ2v) is 6.21. The van der Waals surface area contributed by atoms with E-state index in [2.05, 4.69) is 15.5 Å². The number of methoxy groups -OCH3 is 1. The van der Waals surface area contributed by atoms with E-state index in [-0.39, 0.29) is 25.0 Å². The van der Waals surface area contributed by atoms with E-state index in [1.807, 2.05) is 24.3 Å². The molecule has 1 fully saturated rings. The first-order chi connectivity index (χ1) is 12.7. The molecule has 0 aliphatic carbocycles. The molecule has 3 amide bonds. The van der Waals surface area contributed by atoms with E-state index in [0.29, 0.717) is 5.76 Å². The summed E-state index contributed by atoms with van der Waals surface area (Å²) in [5, 5.41) is 4.97. The molecule has 1 aromatic heterocycles. The number of amides is 3. The highest BCUT2D eigenvalue weighted by molar-refractivity contribution is 5.95. The number of carbonyl (C=O) groups is 2. The molecule has 1 aliphatic rings. The molecule has 1 saturated heterocycles. The van der Waals surface area contributed by atoms with Gasteiger partial charge in [-0.05, 0) is 49.2 Å². The van der Waals surface area contributed by atoms with Gasteiger partial charge in [0.2, 0.25) is 5.91 Å². The van der Waals surface area contributed by atoms with Gasteiger partial charge in [-0.15, -0.1) is 0 Å². The van der Waals surface area contributed by atoms with Crippen molar-refractivity contribution in [2.24, 2.45) is 0 Å². The minimum atomic E-state index is -0.522. The number of furan rings is 1. The van der Waals surface area contributed by atoms with Gasteiger partial charge in [0.1, 0.15) is 11.5 Å². The fourth-order valence-corrected chi connectivity index (χ4v) is 3.19. The SMILES string of the molecule is COc1ccc([C@H]2CCCN2CC(=O)NC(=O)NCc2ccco2)cc1. The van der Waals surface area contributed by atoms with E-state index in [4.69, 9.17) is 9.15 Å². The number of rotatable bonds is 6. The summed E-state index contributed by atoms with van der Waals surface area (Å²) in [7, 11) is 1.64. The summed E-state index contributed by atoms with van der Waals surface area (Å²) in [6.07, 6.45) is 3.55. The zero-order chi connectivity index (χ0) is 18.4. The van der Waals surface area contributed by atoms with Gasteiger partial charge in [-0.3, -0.25) is 15.0 Å². The van der Waals surface area contributed by atoms with Crippen LogP contribution in [0.1, 0.15) is 30.2 Å². The van der Waals surface area contributed by atoms with E-state index in [1.54, 1.807) is 19.2 Å². The van der Waals surface area contributed by atoms with E-state index in [9.17, 15) is 9.59 Å². The Kier molecular flexibility index (Phi) is 5.91. The second-order valence-electron chi connectivity index (χ2n) is 6.21. The molecule has 1 aromatic carbocycles. The van der Waals surface area contributed by atoms with Gasteiger partial charge >= 0.3 is 6.03 Å². The summed E-state index contributed by atoms with van der Waals surface area (Å²) >= 11 is 0. The molecule has 0 saturated carbocycles. The summed E-state index contributed by atoms with van der Waals surface area (Å²) < 4.78 is 10.3. The van der Waals surface area contributed by atoms with Crippen LogP contribution in [-0.4, -0.2) is 37.0 Å². The summed E-state index contributed by atoms with van der Waals surface area (Å²) in [5.41, 5.74) is 1.15. The van der Waals surface area contributed by atoms with Crippen molar-refractivity contribution in [3.8, 4) is 5.75 Å². The molecule has 138 valence electrons. The minimum Gasteiger partial charge on any atom is -0.497 e. The monoisotopic (exact) mass is 357 g/mol. The molecular formula is C19H23N3O4. The smallest absolute Gasteiger partial charge is 0.321 e. The summed E-state index contributed by atoms with van der Waals surface area (Å²) in [5.74, 6) is 1.12. The van der Waals surface area contributed by atoms with Gasteiger partial charge in [-0.1, -0.05) is 12.1 Å². The Morgan fingerprint density at radius 2 is 2.08 bits per heavy atom. The normalized spacial score (nSPS) is 17.0. The molecule has 3 rings (SSSR count). The molecule has 2 N–H and O–H groups in total. The first kappa shape index (κ1) is 18.0. The quantitative estimate of drug-likeness (QED) is 0.830. The molecule has 0 bridgehead atoms. The number of nitrogens with one attached hydrogen (secondary N) is 2. The molecule has 2 heterocycles. The van der Waals surface area contributed by atoms with Crippen LogP contribution < -0.4 is 15.4 Å². The summed E-state index contributed by atoms with van der Waals surface area (Å²) in [4.78, 5) is 26.1. The Hall–Kier alpha value is -2.80. The summed E-state index contributed by atoms with van der Waals surface area (Å²) in [6.45, 7) is 1.26. The van der Waals surface area contributed by atoms with Gasteiger partial charge in [-0.25, -0.2) is 4.79 Å². The lowest BCUT2D eigenvalue weighted by Crippen LogP contribution is -2.44. The summed E-state index contributed by atoms with van der Waals surface area (Å²) in [6, 6.07) is 11.1. The number of urea groups is 1. The van der Waals surface area contributed by atoms with E-state index in [0.717, 1.165) is 30.7 Å². The van der Waals surface area contributed by atoms with Crippen molar-refractivity contribution in [1.82, 2.24) is 15.5 Å². The number of hydrogen-bond donors (Lipinski definition) is 2. The third-order valence-electron chi connectivity index (χ3n) is 4.47. The first-order valence-corrected chi connectivity index (χ1v) is 8.64. The molecule has 2 aromatic rings. The van der Waals surface area contributed by atoms with Crippen LogP contribution in [0, 0.1) is 0 Å². The Morgan fingerprint density at radius 1 is 1.27 bits per heavy atom. The first-order valence-electron chi connectivity index (χ1n) is 8.64. The predicted octanol–water partition coefficient (Wildman–Crippen LogP) is 2.45. The van der Waals surface area contributed by atoms with Crippen LogP contribution in [0.2, 0.25) is 0 Å². The Labute approximate surface area is 152 Å². The molecule has 1 atom stereocenters. The van der Waals surface area contributed by atoms with Gasteiger partial charge in [0.15, 0.2) is 0 Å². The standard InChI is InChI=1S/C19H23N3O4/c1-25-15-8-6-14(7-9-15)17-5-2-10-22(17)13-18(23)21-19(24)20-12-16-4-3-11-26-16/h3-4,6-9,11,17H,2,5,10,12-13H2,1H3,(H2,20,21,23,24)/t17-/m1/s1. The van der Waals surface area contributed by atoms with Crippen LogP contribution in [0.5, 0.6) is 5.75 Å². The number of benzene rings is 1. The maximum atomic E-state index is 12.2. The Morgan fingerprint density at radius 3 is 2.77 bits per heavy atom. The van der Waals surface area contributed by atoms with Crippen molar-refractivity contribution in [3.05, 3.63) is 54.0 Å². The van der Waals surface area contributed by atoms with Crippen LogP contribution >= 0.6 is 0 Å². The number of nitrogens with zero attached hydrogens (tertiary/aromatic N) is 1. The van der Waals surface area contributed by atoms with Crippen molar-refractivity contribution in [1.29, 1.82) is 0 Å². The molecular weight excluding hydrogens is 334 g/mol. The van der Waals surface area contributed by atoms with Crippen molar-refractivity contribution < 1.29 is 18.7 Å². The minimum absolute atomic E-state index is 0.179. The zero-order valence-corrected chi connectivity index (χ0v) is 14.7. The third-order valence-corrected chi connectivity index (χ3v) is 4.47. The molecule has 26 heavy (non-hydrogen) atoms. The fraction of sp³-hybridized carbons (Fsp3) is 0.368. The Bertz CT molecular complexity index is 728. The predicted molar refractivity (Wildman–Crippen MR) is 95.6 cm³/mol. The molecule has 1 aliphatic heterocycles. The van der Waals surface area contributed by atoms with Crippen LogP contribution in [0.4, 0.5) is 4.79 Å². The van der Waals surface area contributed by atoms with Crippen LogP contribution in [0.3, 0.4) is 0 Å². The van der Waals surface area contributed by atoms with Crippen LogP contribution in [0.25, 0.3) is 0 Å². The topological polar surface area (TPSA) is 83.8 Å². The van der Waals surface area contributed by atoms with Crippen LogP contribution in [-0.2, 0) is 11.3 Å². The van der Waals surface area contributed by atoms with Gasteiger partial charge in [-0.2, -0.15) is 0 Å². The second kappa shape index (κ2) is 8.53. The van der Waals surface area contributed by atoms with Gasteiger partial charge < -0.3 is 14.5 Å². The molecule has 7 nitrogen and oxygen atoms in total. The molecule has 0 radical (unpaired) electrons. The largest absolute Gasteiger partial charge is 0.497 e. The average molecular weight is 357 g/mol. The highest BCUT2D eigenvalue weighted by Gasteiger charge is 2.27. The lowest BCUT2D eigenvalue weighted by molar-refractivity contribution is -0.121. The lowest BCUT2D eigenvalue weighted by atomic mass is 10.0. The van der Waals surface area contributed by atoms with Crippen molar-refractivity contribution in [3.63, 3.8) is 0 Å². The molecule has 0 spiro atoms. The maximum absolute atomic E-state index is 12.2. The fourth-order valence-electron chi connectivity index (χ4n) is 3.19. The number of ether oxygens (including phenoxy) is 1. The third kappa shape index (κ3) is 4.64. The zero-order valence-electron chi connectivity index (χ0n) is 14.7. The number of hydrogen-bond acceptors (Lipinski definition) is 5. The highest BCUT2D eigenvalue weighted by Crippen LogP contribution is 2.32. The number of imide groups is 1. The van der Waals surface area contributed by atoms with E-state index < -0.39 is 6.03 Å². The Balaban J connectivity index is 1.49. The van der Waals surface area contributed by atoms with Crippen molar-refractivity contribution in [2.45, 2.75) is 25.4 Å². The number of likely N-dealkylation sites (tertiary alicyclic amines) is 1. The molecule has 0 unspecified atom stereocenters. The highest BCUT2D eigenvalue weighted by atomic mass is 16.5. The van der Waals surface area contributed by atoms with Gasteiger partial charge in [0, 0.05) is 6.04 Å². The van der Waals surface area contributed by atoms with Crippen molar-refractivity contribution in [2.75, 3.05) is 20.2 Å². The maximum Gasteiger partial charge on any atom is 0.321 e. The van der Waals surface area contributed by atoms with E-state index in [1.165, 1.54) is 6.26 Å². The average Bonchev–Trinajstić information content (AvgIpc) is 3.32. The van der Waals surface area contributed by atoms with Gasteiger partial charge in [0.25, 0.3) is 0 Å². The lowest BCUT2D eigenvalue weighted by Gasteiger charge is -2.24.